The molecule has 1 aliphatic carbocycles. The van der Waals surface area contributed by atoms with Crippen LogP contribution in [-0.2, 0) is 28.7 Å². The SMILES string of the molecule is COCCN(CCCNC(=O)CCC1C(=O)C=CC1=O)C(=O)CCCC(=O)O. The molecule has 0 heterocycles. The number of nitrogens with zero attached hydrogens (tertiary/aromatic N) is 1. The van der Waals surface area contributed by atoms with Crippen LogP contribution in [0.15, 0.2) is 12.2 Å². The average Bonchev–Trinajstić information content (AvgIpc) is 2.96. The summed E-state index contributed by atoms with van der Waals surface area (Å²) >= 11 is 0. The van der Waals surface area contributed by atoms with Gasteiger partial charge in [-0.3, -0.25) is 24.0 Å². The highest BCUT2D eigenvalue weighted by molar-refractivity contribution is 6.18. The molecule has 0 fully saturated rings. The van der Waals surface area contributed by atoms with Gasteiger partial charge in [-0.25, -0.2) is 0 Å². The minimum absolute atomic E-state index is 0.0541. The number of hydrogen-bond donors (Lipinski definition) is 2. The van der Waals surface area contributed by atoms with E-state index in [0.29, 0.717) is 32.7 Å². The highest BCUT2D eigenvalue weighted by atomic mass is 16.5. The first-order valence-electron chi connectivity index (χ1n) is 9.36. The molecule has 0 spiro atoms. The van der Waals surface area contributed by atoms with Crippen molar-refractivity contribution < 1.29 is 33.8 Å². The second-order valence-corrected chi connectivity index (χ2v) is 6.55. The number of carbonyl (C=O) groups excluding carboxylic acids is 4. The maximum atomic E-state index is 12.2. The summed E-state index contributed by atoms with van der Waals surface area (Å²) in [5, 5.41) is 11.4. The zero-order valence-electron chi connectivity index (χ0n) is 16.1. The Morgan fingerprint density at radius 1 is 1.07 bits per heavy atom. The Morgan fingerprint density at radius 3 is 2.36 bits per heavy atom. The van der Waals surface area contributed by atoms with Gasteiger partial charge in [0.15, 0.2) is 11.6 Å². The Balaban J connectivity index is 2.27. The van der Waals surface area contributed by atoms with E-state index in [4.69, 9.17) is 9.84 Å². The first-order chi connectivity index (χ1) is 13.3. The van der Waals surface area contributed by atoms with Crippen LogP contribution in [-0.4, -0.2) is 72.7 Å². The summed E-state index contributed by atoms with van der Waals surface area (Å²) in [6.45, 7) is 1.54. The number of carboxylic acid groups (broad SMARTS) is 1. The van der Waals surface area contributed by atoms with Crippen molar-refractivity contribution in [2.75, 3.05) is 33.4 Å². The maximum Gasteiger partial charge on any atom is 0.303 e. The largest absolute Gasteiger partial charge is 0.481 e. The molecule has 0 atom stereocenters. The lowest BCUT2D eigenvalue weighted by Crippen LogP contribution is -2.36. The van der Waals surface area contributed by atoms with Crippen molar-refractivity contribution in [1.29, 1.82) is 0 Å². The lowest BCUT2D eigenvalue weighted by molar-refractivity contribution is -0.137. The fourth-order valence-electron chi connectivity index (χ4n) is 2.79. The highest BCUT2D eigenvalue weighted by Crippen LogP contribution is 2.16. The minimum Gasteiger partial charge on any atom is -0.481 e. The van der Waals surface area contributed by atoms with E-state index in [2.05, 4.69) is 5.32 Å². The smallest absolute Gasteiger partial charge is 0.303 e. The van der Waals surface area contributed by atoms with Crippen LogP contribution in [0.4, 0.5) is 0 Å². The van der Waals surface area contributed by atoms with Crippen molar-refractivity contribution in [3.05, 3.63) is 12.2 Å². The Morgan fingerprint density at radius 2 is 1.75 bits per heavy atom. The Kier molecular flexibility index (Phi) is 10.7. The molecular formula is C19H28N2O7. The third kappa shape index (κ3) is 8.90. The van der Waals surface area contributed by atoms with E-state index in [-0.39, 0.29) is 55.5 Å². The van der Waals surface area contributed by atoms with Crippen molar-refractivity contribution in [2.45, 2.75) is 38.5 Å². The molecule has 0 aromatic heterocycles. The number of ether oxygens (including phenoxy) is 1. The predicted octanol–water partition coefficient (Wildman–Crippen LogP) is 0.327. The van der Waals surface area contributed by atoms with Gasteiger partial charge in [0.2, 0.25) is 11.8 Å². The van der Waals surface area contributed by atoms with E-state index in [1.807, 2.05) is 0 Å². The average molecular weight is 396 g/mol. The highest BCUT2D eigenvalue weighted by Gasteiger charge is 2.28. The summed E-state index contributed by atoms with van der Waals surface area (Å²) in [7, 11) is 1.53. The van der Waals surface area contributed by atoms with Gasteiger partial charge in [-0.2, -0.15) is 0 Å². The standard InChI is InChI=1S/C19H28N2O7/c1-28-13-12-21(18(25)4-2-5-19(26)27)11-3-10-20-17(24)9-6-14-15(22)7-8-16(14)23/h7-8,14H,2-6,9-13H2,1H3,(H,20,24)(H,26,27). The van der Waals surface area contributed by atoms with Crippen molar-refractivity contribution in [1.82, 2.24) is 10.2 Å². The number of rotatable bonds is 14. The van der Waals surface area contributed by atoms with Gasteiger partial charge in [-0.15, -0.1) is 0 Å². The first-order valence-corrected chi connectivity index (χ1v) is 9.36. The van der Waals surface area contributed by atoms with E-state index < -0.39 is 11.9 Å². The number of ketones is 2. The molecule has 0 saturated heterocycles. The molecule has 0 radical (unpaired) electrons. The fraction of sp³-hybridized carbons (Fsp3) is 0.632. The number of carbonyl (C=O) groups is 5. The van der Waals surface area contributed by atoms with Gasteiger partial charge >= 0.3 is 5.97 Å². The van der Waals surface area contributed by atoms with Crippen LogP contribution >= 0.6 is 0 Å². The van der Waals surface area contributed by atoms with Gasteiger partial charge in [-0.1, -0.05) is 0 Å². The lowest BCUT2D eigenvalue weighted by Gasteiger charge is -2.22. The number of methoxy groups -OCH3 is 1. The monoisotopic (exact) mass is 396 g/mol. The fourth-order valence-corrected chi connectivity index (χ4v) is 2.79. The molecule has 0 saturated carbocycles. The normalized spacial score (nSPS) is 13.8. The van der Waals surface area contributed by atoms with E-state index in [1.54, 1.807) is 4.90 Å². The molecule has 0 unspecified atom stereocenters. The van der Waals surface area contributed by atoms with Crippen LogP contribution in [0.5, 0.6) is 0 Å². The zero-order valence-corrected chi connectivity index (χ0v) is 16.1. The van der Waals surface area contributed by atoms with Gasteiger partial charge in [0.05, 0.1) is 12.5 Å². The van der Waals surface area contributed by atoms with Gasteiger partial charge in [0.25, 0.3) is 0 Å². The van der Waals surface area contributed by atoms with Gasteiger partial charge in [0, 0.05) is 46.0 Å². The number of allylic oxidation sites excluding steroid dienone is 2. The molecule has 1 rings (SSSR count). The summed E-state index contributed by atoms with van der Waals surface area (Å²) in [5.41, 5.74) is 0. The molecule has 28 heavy (non-hydrogen) atoms. The Bertz CT molecular complexity index is 597. The first kappa shape index (κ1) is 23.5. The minimum atomic E-state index is -0.935. The van der Waals surface area contributed by atoms with Crippen LogP contribution in [0.1, 0.15) is 38.5 Å². The second-order valence-electron chi connectivity index (χ2n) is 6.55. The van der Waals surface area contributed by atoms with E-state index in [1.165, 1.54) is 19.3 Å². The Labute approximate surface area is 164 Å². The van der Waals surface area contributed by atoms with Crippen LogP contribution in [0.2, 0.25) is 0 Å². The molecule has 0 bridgehead atoms. The molecule has 0 aromatic carbocycles. The molecule has 9 nitrogen and oxygen atoms in total. The molecule has 2 N–H and O–H groups in total. The van der Waals surface area contributed by atoms with Crippen molar-refractivity contribution in [3.8, 4) is 0 Å². The summed E-state index contributed by atoms with van der Waals surface area (Å²) in [4.78, 5) is 59.1. The molecule has 2 amide bonds. The molecule has 0 aromatic rings. The second kappa shape index (κ2) is 12.8. The molecule has 1 aliphatic rings. The van der Waals surface area contributed by atoms with E-state index in [9.17, 15) is 24.0 Å². The van der Waals surface area contributed by atoms with E-state index in [0.717, 1.165) is 0 Å². The van der Waals surface area contributed by atoms with Crippen molar-refractivity contribution >= 4 is 29.4 Å². The summed E-state index contributed by atoms with van der Waals surface area (Å²) in [6.07, 6.45) is 3.68. The number of carboxylic acids is 1. The van der Waals surface area contributed by atoms with E-state index >= 15 is 0 Å². The van der Waals surface area contributed by atoms with Crippen LogP contribution in [0.3, 0.4) is 0 Å². The van der Waals surface area contributed by atoms with Crippen molar-refractivity contribution in [2.24, 2.45) is 5.92 Å². The van der Waals surface area contributed by atoms with Crippen LogP contribution < -0.4 is 5.32 Å². The topological polar surface area (TPSA) is 130 Å². The summed E-state index contributed by atoms with van der Waals surface area (Å²) in [6, 6.07) is 0. The molecular weight excluding hydrogens is 368 g/mol. The third-order valence-corrected chi connectivity index (χ3v) is 4.39. The van der Waals surface area contributed by atoms with Crippen molar-refractivity contribution in [3.63, 3.8) is 0 Å². The van der Waals surface area contributed by atoms with Gasteiger partial charge in [0.1, 0.15) is 0 Å². The third-order valence-electron chi connectivity index (χ3n) is 4.39. The maximum absolute atomic E-state index is 12.2. The predicted molar refractivity (Wildman–Crippen MR) is 99.4 cm³/mol. The Hall–Kier alpha value is -2.55. The number of nitrogens with one attached hydrogen (secondary N) is 1. The number of aliphatic carboxylic acids is 1. The van der Waals surface area contributed by atoms with Crippen LogP contribution in [0.25, 0.3) is 0 Å². The van der Waals surface area contributed by atoms with Gasteiger partial charge in [-0.05, 0) is 31.4 Å². The quantitative estimate of drug-likeness (QED) is 0.319. The summed E-state index contributed by atoms with van der Waals surface area (Å²) in [5.74, 6) is -2.57. The van der Waals surface area contributed by atoms with Gasteiger partial charge < -0.3 is 20.1 Å². The number of amides is 2. The van der Waals surface area contributed by atoms with Crippen LogP contribution in [0, 0.1) is 5.92 Å². The summed E-state index contributed by atoms with van der Waals surface area (Å²) < 4.78 is 4.99. The zero-order chi connectivity index (χ0) is 20.9. The number of hydrogen-bond acceptors (Lipinski definition) is 6. The molecule has 9 heteroatoms. The molecule has 0 aliphatic heterocycles. The molecule has 156 valence electrons. The lowest BCUT2D eigenvalue weighted by atomic mass is 9.99.